The zero-order valence-corrected chi connectivity index (χ0v) is 20.9. The van der Waals surface area contributed by atoms with Crippen LogP contribution in [0.15, 0.2) is 47.6 Å². The summed E-state index contributed by atoms with van der Waals surface area (Å²) < 4.78 is 24.8. The number of pyridine rings is 1. The van der Waals surface area contributed by atoms with Crippen molar-refractivity contribution in [1.82, 2.24) is 20.1 Å². The monoisotopic (exact) mass is 569 g/mol. The first-order chi connectivity index (χ1) is 15.6. The van der Waals surface area contributed by atoms with E-state index in [-0.39, 0.29) is 41.8 Å². The molecule has 0 spiro atoms. The molecule has 2 fully saturated rings. The van der Waals surface area contributed by atoms with Crippen LogP contribution in [-0.4, -0.2) is 72.6 Å². The Labute approximate surface area is 210 Å². The predicted octanol–water partition coefficient (Wildman–Crippen LogP) is 3.03. The molecule has 0 radical (unpaired) electrons. The van der Waals surface area contributed by atoms with Gasteiger partial charge in [-0.2, -0.15) is 0 Å². The van der Waals surface area contributed by atoms with E-state index in [1.54, 1.807) is 25.4 Å². The number of nitrogens with one attached hydrogen (secondary N) is 1. The molecule has 10 heteroatoms. The molecule has 1 amide bonds. The van der Waals surface area contributed by atoms with Crippen LogP contribution in [0.4, 0.5) is 4.39 Å². The summed E-state index contributed by atoms with van der Waals surface area (Å²) >= 11 is 0. The summed E-state index contributed by atoms with van der Waals surface area (Å²) in [6.45, 7) is 3.78. The number of carbonyl (C=O) groups is 1. The first-order valence-electron chi connectivity index (χ1n) is 10.9. The summed E-state index contributed by atoms with van der Waals surface area (Å²) in [5.74, 6) is 1.28. The van der Waals surface area contributed by atoms with Gasteiger partial charge in [-0.3, -0.25) is 9.79 Å². The number of amides is 1. The summed E-state index contributed by atoms with van der Waals surface area (Å²) in [5, 5.41) is 3.35. The first kappa shape index (κ1) is 25.2. The standard InChI is InChI=1S/C23H28FN5O3.HI/c1-25-23(29-12-10-28(11-13-29)22(30)20-8-4-14-31-20)27-16-17-5-3-9-26-21(17)32-19-7-2-6-18(24)15-19;/h2-3,5-7,9,15,20H,4,8,10-14,16H2,1H3,(H,25,27);1H. The molecule has 1 aromatic carbocycles. The summed E-state index contributed by atoms with van der Waals surface area (Å²) in [6, 6.07) is 9.70. The molecule has 2 aliphatic rings. The first-order valence-corrected chi connectivity index (χ1v) is 10.9. The summed E-state index contributed by atoms with van der Waals surface area (Å²) in [6.07, 6.45) is 3.12. The van der Waals surface area contributed by atoms with Crippen molar-refractivity contribution >= 4 is 35.8 Å². The van der Waals surface area contributed by atoms with Gasteiger partial charge in [-0.1, -0.05) is 12.1 Å². The lowest BCUT2D eigenvalue weighted by Gasteiger charge is -2.37. The van der Waals surface area contributed by atoms with E-state index in [0.717, 1.165) is 24.4 Å². The Morgan fingerprint density at radius 2 is 2.03 bits per heavy atom. The van der Waals surface area contributed by atoms with Crippen LogP contribution >= 0.6 is 24.0 Å². The highest BCUT2D eigenvalue weighted by atomic mass is 127. The van der Waals surface area contributed by atoms with Crippen LogP contribution in [0, 0.1) is 5.82 Å². The fourth-order valence-corrected chi connectivity index (χ4v) is 3.91. The fourth-order valence-electron chi connectivity index (χ4n) is 3.91. The number of piperazine rings is 1. The van der Waals surface area contributed by atoms with Crippen LogP contribution in [0.1, 0.15) is 18.4 Å². The van der Waals surface area contributed by atoms with Gasteiger partial charge in [-0.25, -0.2) is 9.37 Å². The Balaban J connectivity index is 0.00000306. The van der Waals surface area contributed by atoms with Crippen molar-refractivity contribution in [3.63, 3.8) is 0 Å². The second kappa shape index (κ2) is 12.1. The molecule has 4 rings (SSSR count). The highest BCUT2D eigenvalue weighted by Gasteiger charge is 2.30. The largest absolute Gasteiger partial charge is 0.439 e. The molecule has 1 atom stereocenters. The maximum atomic E-state index is 13.5. The average Bonchev–Trinajstić information content (AvgIpc) is 3.35. The lowest BCUT2D eigenvalue weighted by Crippen LogP contribution is -2.55. The number of hydrogen-bond donors (Lipinski definition) is 1. The van der Waals surface area contributed by atoms with Gasteiger partial charge >= 0.3 is 0 Å². The van der Waals surface area contributed by atoms with E-state index >= 15 is 0 Å². The lowest BCUT2D eigenvalue weighted by atomic mass is 10.2. The minimum Gasteiger partial charge on any atom is -0.439 e. The van der Waals surface area contributed by atoms with Crippen LogP contribution in [-0.2, 0) is 16.1 Å². The molecule has 2 aliphatic heterocycles. The van der Waals surface area contributed by atoms with E-state index in [2.05, 4.69) is 20.2 Å². The average molecular weight is 569 g/mol. The Hall–Kier alpha value is -2.47. The number of halogens is 2. The number of aliphatic imine (C=N–C) groups is 1. The molecular weight excluding hydrogens is 540 g/mol. The number of rotatable bonds is 5. The van der Waals surface area contributed by atoms with Crippen molar-refractivity contribution in [2.24, 2.45) is 4.99 Å². The Bertz CT molecular complexity index is 963. The van der Waals surface area contributed by atoms with Gasteiger partial charge in [0.05, 0.1) is 0 Å². The fraction of sp³-hybridized carbons (Fsp3) is 0.435. The molecular formula is C23H29FIN5O3. The minimum absolute atomic E-state index is 0. The smallest absolute Gasteiger partial charge is 0.251 e. The van der Waals surface area contributed by atoms with Gasteiger partial charge in [0, 0.05) is 64.2 Å². The Morgan fingerprint density at radius 3 is 2.73 bits per heavy atom. The topological polar surface area (TPSA) is 79.3 Å². The Morgan fingerprint density at radius 1 is 1.24 bits per heavy atom. The SMILES string of the molecule is CN=C(NCc1cccnc1Oc1cccc(F)c1)N1CCN(C(=O)C2CCCO2)CC1.I. The van der Waals surface area contributed by atoms with E-state index in [1.165, 1.54) is 12.1 Å². The van der Waals surface area contributed by atoms with Gasteiger partial charge in [0.1, 0.15) is 17.7 Å². The number of hydrogen-bond acceptors (Lipinski definition) is 5. The van der Waals surface area contributed by atoms with E-state index < -0.39 is 0 Å². The van der Waals surface area contributed by atoms with Crippen LogP contribution in [0.2, 0.25) is 0 Å². The van der Waals surface area contributed by atoms with Gasteiger partial charge in [-0.05, 0) is 31.0 Å². The van der Waals surface area contributed by atoms with Crippen LogP contribution < -0.4 is 10.1 Å². The molecule has 178 valence electrons. The molecule has 0 bridgehead atoms. The highest BCUT2D eigenvalue weighted by molar-refractivity contribution is 14.0. The number of aromatic nitrogens is 1. The van der Waals surface area contributed by atoms with E-state index in [4.69, 9.17) is 9.47 Å². The number of ether oxygens (including phenoxy) is 2. The summed E-state index contributed by atoms with van der Waals surface area (Å²) in [5.41, 5.74) is 0.824. The molecule has 1 aromatic heterocycles. The lowest BCUT2D eigenvalue weighted by molar-refractivity contribution is -0.142. The van der Waals surface area contributed by atoms with Crippen molar-refractivity contribution in [1.29, 1.82) is 0 Å². The van der Waals surface area contributed by atoms with Crippen molar-refractivity contribution in [2.75, 3.05) is 39.8 Å². The number of guanidine groups is 1. The van der Waals surface area contributed by atoms with Crippen molar-refractivity contribution in [2.45, 2.75) is 25.5 Å². The molecule has 3 heterocycles. The van der Waals surface area contributed by atoms with Crippen LogP contribution in [0.25, 0.3) is 0 Å². The third-order valence-electron chi connectivity index (χ3n) is 5.61. The van der Waals surface area contributed by atoms with E-state index in [0.29, 0.717) is 51.0 Å². The van der Waals surface area contributed by atoms with Crippen LogP contribution in [0.5, 0.6) is 11.6 Å². The van der Waals surface area contributed by atoms with Crippen molar-refractivity contribution < 1.29 is 18.7 Å². The molecule has 1 unspecified atom stereocenters. The van der Waals surface area contributed by atoms with Gasteiger partial charge in [0.15, 0.2) is 5.96 Å². The maximum Gasteiger partial charge on any atom is 0.251 e. The predicted molar refractivity (Wildman–Crippen MR) is 133 cm³/mol. The zero-order valence-electron chi connectivity index (χ0n) is 18.6. The molecule has 2 saturated heterocycles. The van der Waals surface area contributed by atoms with Gasteiger partial charge in [0.2, 0.25) is 5.88 Å². The number of carbonyl (C=O) groups excluding carboxylic acids is 1. The second-order valence-corrected chi connectivity index (χ2v) is 7.74. The van der Waals surface area contributed by atoms with Crippen LogP contribution in [0.3, 0.4) is 0 Å². The molecule has 0 saturated carbocycles. The second-order valence-electron chi connectivity index (χ2n) is 7.74. The molecule has 0 aliphatic carbocycles. The minimum atomic E-state index is -0.365. The molecule has 2 aromatic rings. The van der Waals surface area contributed by atoms with Crippen molar-refractivity contribution in [3.8, 4) is 11.6 Å². The van der Waals surface area contributed by atoms with E-state index in [1.807, 2.05) is 17.0 Å². The molecule has 8 nitrogen and oxygen atoms in total. The van der Waals surface area contributed by atoms with Gasteiger partial charge in [0.25, 0.3) is 5.91 Å². The molecule has 33 heavy (non-hydrogen) atoms. The summed E-state index contributed by atoms with van der Waals surface area (Å²) in [4.78, 5) is 25.3. The third kappa shape index (κ3) is 6.53. The highest BCUT2D eigenvalue weighted by Crippen LogP contribution is 2.23. The van der Waals surface area contributed by atoms with Gasteiger partial charge < -0.3 is 24.6 Å². The van der Waals surface area contributed by atoms with Crippen molar-refractivity contribution in [3.05, 3.63) is 54.0 Å². The normalized spacial score (nSPS) is 18.6. The number of nitrogens with zero attached hydrogens (tertiary/aromatic N) is 4. The maximum absolute atomic E-state index is 13.5. The molecule has 1 N–H and O–H groups in total. The van der Waals surface area contributed by atoms with Gasteiger partial charge in [-0.15, -0.1) is 24.0 Å². The number of benzene rings is 1. The van der Waals surface area contributed by atoms with E-state index in [9.17, 15) is 9.18 Å². The summed E-state index contributed by atoms with van der Waals surface area (Å²) in [7, 11) is 1.74. The third-order valence-corrected chi connectivity index (χ3v) is 5.61. The zero-order chi connectivity index (χ0) is 22.3. The quantitative estimate of drug-likeness (QED) is 0.339. The Kier molecular flexibility index (Phi) is 9.24.